The van der Waals surface area contributed by atoms with E-state index in [0.29, 0.717) is 18.7 Å². The molecule has 0 saturated heterocycles. The van der Waals surface area contributed by atoms with Crippen LogP contribution < -0.4 is 4.74 Å². The highest BCUT2D eigenvalue weighted by molar-refractivity contribution is 6.08. The summed E-state index contributed by atoms with van der Waals surface area (Å²) in [7, 11) is 7.39. The Morgan fingerprint density at radius 3 is 2.36 bits per heavy atom. The van der Waals surface area contributed by atoms with Crippen LogP contribution in [0.1, 0.15) is 11.1 Å². The second-order valence-electron chi connectivity index (χ2n) is 6.42. The molecular formula is C22H19BN4O. The minimum absolute atomic E-state index is 0.521. The van der Waals surface area contributed by atoms with Gasteiger partial charge >= 0.3 is 0 Å². The maximum Gasteiger partial charge on any atom is 0.182 e. The number of rotatable bonds is 6. The van der Waals surface area contributed by atoms with Crippen LogP contribution in [0.25, 0.3) is 22.5 Å². The molecule has 3 aromatic carbocycles. The molecule has 0 saturated carbocycles. The molecule has 0 bridgehead atoms. The fourth-order valence-corrected chi connectivity index (χ4v) is 3.25. The summed E-state index contributed by atoms with van der Waals surface area (Å²) in [5.74, 6) is 1.53. The number of ether oxygens (including phenoxy) is 1. The molecule has 0 atom stereocenters. The van der Waals surface area contributed by atoms with E-state index < -0.39 is 0 Å². The summed E-state index contributed by atoms with van der Waals surface area (Å²) in [6.45, 7) is 0.521. The summed E-state index contributed by atoms with van der Waals surface area (Å²) in [5, 5.41) is 12.4. The van der Waals surface area contributed by atoms with E-state index in [-0.39, 0.29) is 0 Å². The zero-order valence-corrected chi connectivity index (χ0v) is 15.6. The van der Waals surface area contributed by atoms with Crippen molar-refractivity contribution in [3.63, 3.8) is 0 Å². The molecule has 0 aliphatic rings. The molecule has 0 aliphatic heterocycles. The molecule has 136 valence electrons. The van der Waals surface area contributed by atoms with E-state index in [2.05, 4.69) is 33.7 Å². The molecule has 0 spiro atoms. The Hall–Kier alpha value is -3.41. The number of nitrogens with zero attached hydrogens (tertiary/aromatic N) is 4. The van der Waals surface area contributed by atoms with Crippen LogP contribution in [0.4, 0.5) is 0 Å². The molecule has 0 amide bonds. The topological polar surface area (TPSA) is 52.8 Å². The van der Waals surface area contributed by atoms with Crippen LogP contribution in [0.2, 0.25) is 0 Å². The smallest absolute Gasteiger partial charge is 0.182 e. The highest BCUT2D eigenvalue weighted by Crippen LogP contribution is 2.31. The molecule has 0 N–H and O–H groups in total. The van der Waals surface area contributed by atoms with Gasteiger partial charge in [-0.25, -0.2) is 4.68 Å². The number of tetrazole rings is 1. The highest BCUT2D eigenvalue weighted by atomic mass is 16.5. The first kappa shape index (κ1) is 18.0. The summed E-state index contributed by atoms with van der Waals surface area (Å²) in [5.41, 5.74) is 5.26. The average Bonchev–Trinajstić information content (AvgIpc) is 3.22. The predicted molar refractivity (Wildman–Crippen MR) is 110 cm³/mol. The van der Waals surface area contributed by atoms with E-state index in [1.54, 1.807) is 11.8 Å². The van der Waals surface area contributed by atoms with Gasteiger partial charge in [0.25, 0.3) is 0 Å². The van der Waals surface area contributed by atoms with E-state index in [0.717, 1.165) is 33.6 Å². The van der Waals surface area contributed by atoms with Crippen molar-refractivity contribution in [1.82, 2.24) is 20.2 Å². The Bertz CT molecular complexity index is 1080. The van der Waals surface area contributed by atoms with Gasteiger partial charge in [0.05, 0.1) is 21.5 Å². The molecule has 0 fully saturated rings. The summed E-state index contributed by atoms with van der Waals surface area (Å²) in [6.07, 6.45) is 0.527. The summed E-state index contributed by atoms with van der Waals surface area (Å²) >= 11 is 0. The van der Waals surface area contributed by atoms with Crippen LogP contribution in [-0.4, -0.2) is 35.2 Å². The normalized spacial score (nSPS) is 10.8. The van der Waals surface area contributed by atoms with Crippen molar-refractivity contribution in [2.45, 2.75) is 12.9 Å². The van der Waals surface area contributed by atoms with E-state index >= 15 is 0 Å². The first-order valence-corrected chi connectivity index (χ1v) is 9.07. The number of hydrogen-bond donors (Lipinski definition) is 0. The summed E-state index contributed by atoms with van der Waals surface area (Å²) < 4.78 is 7.26. The lowest BCUT2D eigenvalue weighted by atomic mass is 9.93. The SMILES string of the molecule is [B]Cc1ccc(-c2ccccc2-c2nnnn2Cc2ccccc2OC)cc1. The number of benzene rings is 3. The molecule has 0 aliphatic carbocycles. The molecule has 4 aromatic rings. The zero-order valence-electron chi connectivity index (χ0n) is 15.6. The van der Waals surface area contributed by atoms with Gasteiger partial charge in [0.2, 0.25) is 0 Å². The Morgan fingerprint density at radius 2 is 1.61 bits per heavy atom. The van der Waals surface area contributed by atoms with E-state index in [1.807, 2.05) is 54.6 Å². The van der Waals surface area contributed by atoms with Gasteiger partial charge in [-0.2, -0.15) is 0 Å². The summed E-state index contributed by atoms with van der Waals surface area (Å²) in [6, 6.07) is 24.3. The summed E-state index contributed by atoms with van der Waals surface area (Å²) in [4.78, 5) is 0. The number of para-hydroxylation sites is 1. The molecule has 1 heterocycles. The first-order chi connectivity index (χ1) is 13.8. The van der Waals surface area contributed by atoms with Gasteiger partial charge in [-0.1, -0.05) is 78.6 Å². The van der Waals surface area contributed by atoms with Gasteiger partial charge in [-0.05, 0) is 27.6 Å². The lowest BCUT2D eigenvalue weighted by molar-refractivity contribution is 0.407. The second kappa shape index (κ2) is 8.09. The molecule has 28 heavy (non-hydrogen) atoms. The van der Waals surface area contributed by atoms with Crippen LogP contribution >= 0.6 is 0 Å². The van der Waals surface area contributed by atoms with Crippen LogP contribution in [0, 0.1) is 0 Å². The second-order valence-corrected chi connectivity index (χ2v) is 6.42. The van der Waals surface area contributed by atoms with E-state index in [9.17, 15) is 0 Å². The molecule has 0 unspecified atom stereocenters. The monoisotopic (exact) mass is 366 g/mol. The molecular weight excluding hydrogens is 347 g/mol. The Kier molecular flexibility index (Phi) is 5.19. The molecule has 6 heteroatoms. The van der Waals surface area contributed by atoms with Crippen molar-refractivity contribution in [2.75, 3.05) is 7.11 Å². The van der Waals surface area contributed by atoms with Crippen molar-refractivity contribution in [3.8, 4) is 28.3 Å². The van der Waals surface area contributed by atoms with Crippen molar-refractivity contribution in [3.05, 3.63) is 83.9 Å². The third-order valence-corrected chi connectivity index (χ3v) is 4.71. The van der Waals surface area contributed by atoms with Gasteiger partial charge in [0, 0.05) is 11.1 Å². The fourth-order valence-electron chi connectivity index (χ4n) is 3.25. The Balaban J connectivity index is 1.74. The van der Waals surface area contributed by atoms with Gasteiger partial charge in [-0.15, -0.1) is 5.10 Å². The predicted octanol–water partition coefficient (Wildman–Crippen LogP) is 3.73. The van der Waals surface area contributed by atoms with Gasteiger partial charge in [0.15, 0.2) is 5.82 Å². The quantitative estimate of drug-likeness (QED) is 0.488. The molecule has 5 nitrogen and oxygen atoms in total. The van der Waals surface area contributed by atoms with Crippen molar-refractivity contribution in [1.29, 1.82) is 0 Å². The zero-order chi connectivity index (χ0) is 19.3. The van der Waals surface area contributed by atoms with Crippen LogP contribution in [0.15, 0.2) is 72.8 Å². The van der Waals surface area contributed by atoms with Crippen LogP contribution in [0.5, 0.6) is 5.75 Å². The van der Waals surface area contributed by atoms with Crippen LogP contribution in [0.3, 0.4) is 0 Å². The molecule has 4 rings (SSSR count). The lowest BCUT2D eigenvalue weighted by Gasteiger charge is -2.12. The number of methoxy groups -OCH3 is 1. The number of aromatic nitrogens is 4. The van der Waals surface area contributed by atoms with Gasteiger partial charge in [0.1, 0.15) is 5.75 Å². The number of hydrogen-bond acceptors (Lipinski definition) is 4. The average molecular weight is 366 g/mol. The van der Waals surface area contributed by atoms with Crippen molar-refractivity contribution >= 4 is 7.85 Å². The van der Waals surface area contributed by atoms with E-state index in [4.69, 9.17) is 12.6 Å². The first-order valence-electron chi connectivity index (χ1n) is 9.07. The van der Waals surface area contributed by atoms with Gasteiger partial charge in [-0.3, -0.25) is 0 Å². The maximum absolute atomic E-state index is 5.72. The van der Waals surface area contributed by atoms with Crippen LogP contribution in [-0.2, 0) is 12.9 Å². The minimum atomic E-state index is 0.521. The van der Waals surface area contributed by atoms with Crippen molar-refractivity contribution in [2.24, 2.45) is 0 Å². The molecule has 1 aromatic heterocycles. The van der Waals surface area contributed by atoms with Gasteiger partial charge < -0.3 is 4.74 Å². The highest BCUT2D eigenvalue weighted by Gasteiger charge is 2.15. The Morgan fingerprint density at radius 1 is 0.893 bits per heavy atom. The third-order valence-electron chi connectivity index (χ3n) is 4.71. The molecule has 2 radical (unpaired) electrons. The largest absolute Gasteiger partial charge is 0.496 e. The maximum atomic E-state index is 5.72. The standard InChI is InChI=1S/C22H19BN4O/c1-28-21-9-5-2-6-18(21)15-27-22(24-25-26-27)20-8-4-3-7-19(20)17-12-10-16(14-23)11-13-17/h2-13H,14-15H2,1H3. The van der Waals surface area contributed by atoms with Crippen molar-refractivity contribution < 1.29 is 4.74 Å². The van der Waals surface area contributed by atoms with E-state index in [1.165, 1.54) is 0 Å². The Labute approximate surface area is 165 Å². The fraction of sp³-hybridized carbons (Fsp3) is 0.136. The third kappa shape index (κ3) is 3.54. The lowest BCUT2D eigenvalue weighted by Crippen LogP contribution is -2.06. The minimum Gasteiger partial charge on any atom is -0.496 e.